The third-order valence-electron chi connectivity index (χ3n) is 3.10. The van der Waals surface area contributed by atoms with Crippen molar-refractivity contribution in [3.05, 3.63) is 0 Å². The number of carbonyl (C=O) groups is 1. The number of alkyl halides is 2. The number of rotatable bonds is 12. The second kappa shape index (κ2) is 12.1. The summed E-state index contributed by atoms with van der Waals surface area (Å²) in [5.41, 5.74) is 0. The molecule has 2 nitrogen and oxygen atoms in total. The minimum atomic E-state index is -0.763. The second-order valence-electron chi connectivity index (χ2n) is 4.87. The van der Waals surface area contributed by atoms with Gasteiger partial charge in [-0.25, -0.2) is 0 Å². The summed E-state index contributed by atoms with van der Waals surface area (Å²) in [7, 11) is 0. The first kappa shape index (κ1) is 18.0. The van der Waals surface area contributed by atoms with Gasteiger partial charge in [0.25, 0.3) is 0 Å². The van der Waals surface area contributed by atoms with Crippen LogP contribution in [0.2, 0.25) is 0 Å². The summed E-state index contributed by atoms with van der Waals surface area (Å²) < 4.78 is 0. The van der Waals surface area contributed by atoms with Crippen molar-refractivity contribution in [2.75, 3.05) is 0 Å². The van der Waals surface area contributed by atoms with Gasteiger partial charge in [0.1, 0.15) is 0 Å². The Balaban J connectivity index is 3.43. The summed E-state index contributed by atoms with van der Waals surface area (Å²) in [5, 5.41) is 8.42. The highest BCUT2D eigenvalue weighted by molar-refractivity contribution is 6.29. The number of carboxylic acids is 1. The summed E-state index contributed by atoms with van der Waals surface area (Å²) in [6.45, 7) is 2.21. The number of halogens is 2. The first-order chi connectivity index (χ1) is 8.57. The maximum absolute atomic E-state index is 10.4. The van der Waals surface area contributed by atoms with Gasteiger partial charge in [-0.15, -0.1) is 23.2 Å². The molecule has 0 aromatic rings. The maximum atomic E-state index is 10.4. The first-order valence-electron chi connectivity index (χ1n) is 7.07. The molecule has 0 aromatic carbocycles. The van der Waals surface area contributed by atoms with E-state index in [4.69, 9.17) is 28.3 Å². The Morgan fingerprint density at radius 2 is 1.44 bits per heavy atom. The number of unbranched alkanes of at least 4 members (excludes halogenated alkanes) is 5. The molecule has 1 N–H and O–H groups in total. The average Bonchev–Trinajstić information content (AvgIpc) is 2.32. The molecule has 4 heteroatoms. The van der Waals surface area contributed by atoms with Crippen molar-refractivity contribution in [1.29, 1.82) is 0 Å². The van der Waals surface area contributed by atoms with E-state index < -0.39 is 5.97 Å². The fourth-order valence-corrected chi connectivity index (χ4v) is 2.49. The standard InChI is InChI=1S/C14H26Cl2O2/c1-2-3-4-5-6-7-9-12(15)13(16)10-8-11-14(17)18/h12-13H,2-11H2,1H3,(H,17,18)/t12-,13-/m1/s1. The van der Waals surface area contributed by atoms with Crippen LogP contribution in [0.1, 0.15) is 71.1 Å². The molecular formula is C14H26Cl2O2. The summed E-state index contributed by atoms with van der Waals surface area (Å²) in [6, 6.07) is 0. The van der Waals surface area contributed by atoms with E-state index in [-0.39, 0.29) is 17.2 Å². The van der Waals surface area contributed by atoms with Crippen LogP contribution < -0.4 is 0 Å². The third kappa shape index (κ3) is 11.2. The molecule has 0 aromatic heterocycles. The molecule has 0 amide bonds. The maximum Gasteiger partial charge on any atom is 0.303 e. The van der Waals surface area contributed by atoms with Crippen LogP contribution in [-0.4, -0.2) is 21.8 Å². The Labute approximate surface area is 121 Å². The molecule has 0 aliphatic heterocycles. The lowest BCUT2D eigenvalue weighted by atomic mass is 10.0. The van der Waals surface area contributed by atoms with Crippen molar-refractivity contribution in [1.82, 2.24) is 0 Å². The SMILES string of the molecule is CCCCCCCC[C@@H](Cl)[C@H](Cl)CCCC(=O)O. The number of hydrogen-bond donors (Lipinski definition) is 1. The first-order valence-corrected chi connectivity index (χ1v) is 7.95. The van der Waals surface area contributed by atoms with E-state index in [1.54, 1.807) is 0 Å². The molecule has 0 fully saturated rings. The van der Waals surface area contributed by atoms with Crippen LogP contribution in [0.25, 0.3) is 0 Å². The van der Waals surface area contributed by atoms with E-state index in [0.29, 0.717) is 12.8 Å². The van der Waals surface area contributed by atoms with Crippen LogP contribution >= 0.6 is 23.2 Å². The molecular weight excluding hydrogens is 271 g/mol. The monoisotopic (exact) mass is 296 g/mol. The largest absolute Gasteiger partial charge is 0.481 e. The lowest BCUT2D eigenvalue weighted by molar-refractivity contribution is -0.137. The predicted octanol–water partition coefficient (Wildman–Crippen LogP) is 5.21. The molecule has 2 atom stereocenters. The molecule has 0 aliphatic rings. The van der Waals surface area contributed by atoms with Gasteiger partial charge >= 0.3 is 5.97 Å². The summed E-state index contributed by atoms with van der Waals surface area (Å²) in [6.07, 6.45) is 9.96. The minimum Gasteiger partial charge on any atom is -0.481 e. The van der Waals surface area contributed by atoms with Crippen LogP contribution in [0, 0.1) is 0 Å². The summed E-state index contributed by atoms with van der Waals surface area (Å²) in [4.78, 5) is 10.4. The van der Waals surface area contributed by atoms with Crippen LogP contribution in [0.3, 0.4) is 0 Å². The lowest BCUT2D eigenvalue weighted by Crippen LogP contribution is -2.15. The summed E-state index contributed by atoms with van der Waals surface area (Å²) >= 11 is 12.4. The molecule has 0 bridgehead atoms. The summed E-state index contributed by atoms with van der Waals surface area (Å²) in [5.74, 6) is -0.763. The average molecular weight is 297 g/mol. The zero-order valence-corrected chi connectivity index (χ0v) is 12.8. The predicted molar refractivity (Wildman–Crippen MR) is 78.8 cm³/mol. The molecule has 0 spiro atoms. The van der Waals surface area contributed by atoms with E-state index >= 15 is 0 Å². The van der Waals surface area contributed by atoms with E-state index in [2.05, 4.69) is 6.92 Å². The van der Waals surface area contributed by atoms with Gasteiger partial charge in [-0.3, -0.25) is 4.79 Å². The lowest BCUT2D eigenvalue weighted by Gasteiger charge is -2.15. The van der Waals surface area contributed by atoms with Crippen molar-refractivity contribution >= 4 is 29.2 Å². The molecule has 0 saturated heterocycles. The van der Waals surface area contributed by atoms with Crippen LogP contribution in [0.15, 0.2) is 0 Å². The van der Waals surface area contributed by atoms with E-state index in [1.807, 2.05) is 0 Å². The zero-order chi connectivity index (χ0) is 13.8. The zero-order valence-electron chi connectivity index (χ0n) is 11.3. The van der Waals surface area contributed by atoms with Gasteiger partial charge in [-0.05, 0) is 19.3 Å². The number of hydrogen-bond acceptors (Lipinski definition) is 1. The number of carboxylic acid groups (broad SMARTS) is 1. The minimum absolute atomic E-state index is 0.0216. The second-order valence-corrected chi connectivity index (χ2v) is 6.00. The Kier molecular flexibility index (Phi) is 12.1. The fourth-order valence-electron chi connectivity index (χ4n) is 1.93. The van der Waals surface area contributed by atoms with Gasteiger partial charge in [-0.2, -0.15) is 0 Å². The van der Waals surface area contributed by atoms with Crippen LogP contribution in [-0.2, 0) is 4.79 Å². The van der Waals surface area contributed by atoms with E-state index in [9.17, 15) is 4.79 Å². The fraction of sp³-hybridized carbons (Fsp3) is 0.929. The van der Waals surface area contributed by atoms with Gasteiger partial charge in [0, 0.05) is 17.2 Å². The Morgan fingerprint density at radius 1 is 0.944 bits per heavy atom. The molecule has 0 radical (unpaired) electrons. The van der Waals surface area contributed by atoms with Gasteiger partial charge in [0.05, 0.1) is 0 Å². The smallest absolute Gasteiger partial charge is 0.303 e. The van der Waals surface area contributed by atoms with Crippen molar-refractivity contribution in [3.8, 4) is 0 Å². The number of aliphatic carboxylic acids is 1. The quantitative estimate of drug-likeness (QED) is 0.397. The normalized spacial score (nSPS) is 14.4. The van der Waals surface area contributed by atoms with Crippen molar-refractivity contribution < 1.29 is 9.90 Å². The molecule has 0 saturated carbocycles. The van der Waals surface area contributed by atoms with Crippen molar-refractivity contribution in [2.45, 2.75) is 81.9 Å². The highest BCUT2D eigenvalue weighted by Crippen LogP contribution is 2.22. The van der Waals surface area contributed by atoms with Gasteiger partial charge < -0.3 is 5.11 Å². The molecule has 18 heavy (non-hydrogen) atoms. The highest BCUT2D eigenvalue weighted by atomic mass is 35.5. The van der Waals surface area contributed by atoms with Crippen molar-refractivity contribution in [2.24, 2.45) is 0 Å². The Bertz CT molecular complexity index is 210. The Morgan fingerprint density at radius 3 is 2.00 bits per heavy atom. The van der Waals surface area contributed by atoms with Crippen molar-refractivity contribution in [3.63, 3.8) is 0 Å². The molecule has 0 unspecified atom stereocenters. The van der Waals surface area contributed by atoms with E-state index in [0.717, 1.165) is 12.8 Å². The topological polar surface area (TPSA) is 37.3 Å². The van der Waals surface area contributed by atoms with E-state index in [1.165, 1.54) is 32.1 Å². The molecule has 0 heterocycles. The molecule has 0 rings (SSSR count). The third-order valence-corrected chi connectivity index (χ3v) is 4.27. The van der Waals surface area contributed by atoms with Crippen LogP contribution in [0.4, 0.5) is 0 Å². The highest BCUT2D eigenvalue weighted by Gasteiger charge is 2.16. The molecule has 0 aliphatic carbocycles. The Hall–Kier alpha value is 0.0500. The molecule has 108 valence electrons. The van der Waals surface area contributed by atoms with Gasteiger partial charge in [0.15, 0.2) is 0 Å². The van der Waals surface area contributed by atoms with Gasteiger partial charge in [0.2, 0.25) is 0 Å². The van der Waals surface area contributed by atoms with Gasteiger partial charge in [-0.1, -0.05) is 45.4 Å². The van der Waals surface area contributed by atoms with Crippen LogP contribution in [0.5, 0.6) is 0 Å².